The molecule has 9 heteroatoms. The molecule has 0 saturated carbocycles. The van der Waals surface area contributed by atoms with Crippen LogP contribution in [0.4, 0.5) is 4.39 Å². The van der Waals surface area contributed by atoms with Crippen LogP contribution in [0.1, 0.15) is 22.5 Å². The Morgan fingerprint density at radius 3 is 2.66 bits per heavy atom. The van der Waals surface area contributed by atoms with Crippen LogP contribution in [0.2, 0.25) is 0 Å². The molecule has 0 spiro atoms. The topological polar surface area (TPSA) is 113 Å². The monoisotopic (exact) mass is 400 g/mol. The van der Waals surface area contributed by atoms with E-state index in [2.05, 4.69) is 20.6 Å². The molecule has 1 aliphatic rings. The number of halogens is 1. The fourth-order valence-corrected chi connectivity index (χ4v) is 2.84. The molecule has 152 valence electrons. The minimum Gasteiger partial charge on any atom is -0.394 e. The summed E-state index contributed by atoms with van der Waals surface area (Å²) in [4.78, 5) is 32.2. The molecule has 3 N–H and O–H groups in total. The molecule has 0 unspecified atom stereocenters. The number of nitrogens with one attached hydrogen (secondary N) is 2. The van der Waals surface area contributed by atoms with Crippen molar-refractivity contribution in [1.82, 2.24) is 20.6 Å². The highest BCUT2D eigenvalue weighted by Crippen LogP contribution is 2.16. The Kier molecular flexibility index (Phi) is 6.99. The number of aliphatic hydroxyl groups is 1. The third-order valence-corrected chi connectivity index (χ3v) is 4.36. The van der Waals surface area contributed by atoms with Crippen molar-refractivity contribution < 1.29 is 23.8 Å². The van der Waals surface area contributed by atoms with Crippen molar-refractivity contribution in [3.63, 3.8) is 0 Å². The van der Waals surface area contributed by atoms with Crippen LogP contribution in [-0.2, 0) is 16.1 Å². The minimum atomic E-state index is -0.705. The Bertz CT molecular complexity index is 861. The van der Waals surface area contributed by atoms with Gasteiger partial charge in [0.25, 0.3) is 5.91 Å². The van der Waals surface area contributed by atoms with Crippen molar-refractivity contribution in [3.05, 3.63) is 72.1 Å². The SMILES string of the molecule is O=C(C[C@@H]1C=C[C@@H](NC(=O)c2ccc(F)cc2)[C@@H](CO)O1)NCc1ccncn1. The molecule has 3 rings (SSSR count). The van der Waals surface area contributed by atoms with Gasteiger partial charge in [-0.05, 0) is 30.3 Å². The molecule has 0 bridgehead atoms. The van der Waals surface area contributed by atoms with E-state index in [1.807, 2.05) is 0 Å². The summed E-state index contributed by atoms with van der Waals surface area (Å²) in [5.74, 6) is -1.08. The lowest BCUT2D eigenvalue weighted by Gasteiger charge is -2.31. The zero-order valence-electron chi connectivity index (χ0n) is 15.5. The van der Waals surface area contributed by atoms with Crippen LogP contribution in [0, 0.1) is 5.82 Å². The number of carbonyl (C=O) groups is 2. The highest BCUT2D eigenvalue weighted by molar-refractivity contribution is 5.94. The third-order valence-electron chi connectivity index (χ3n) is 4.36. The smallest absolute Gasteiger partial charge is 0.251 e. The molecule has 1 aromatic carbocycles. The molecule has 3 atom stereocenters. The van der Waals surface area contributed by atoms with E-state index in [9.17, 15) is 19.1 Å². The normalized spacial score (nSPS) is 20.8. The number of carbonyl (C=O) groups excluding carboxylic acids is 2. The summed E-state index contributed by atoms with van der Waals surface area (Å²) < 4.78 is 18.7. The lowest BCUT2D eigenvalue weighted by Crippen LogP contribution is -2.49. The van der Waals surface area contributed by atoms with Gasteiger partial charge < -0.3 is 20.5 Å². The van der Waals surface area contributed by atoms with Crippen molar-refractivity contribution in [2.24, 2.45) is 0 Å². The van der Waals surface area contributed by atoms with Gasteiger partial charge in [-0.2, -0.15) is 0 Å². The number of rotatable bonds is 7. The summed E-state index contributed by atoms with van der Waals surface area (Å²) in [6, 6.07) is 6.27. The number of amides is 2. The van der Waals surface area contributed by atoms with Gasteiger partial charge in [-0.1, -0.05) is 12.2 Å². The lowest BCUT2D eigenvalue weighted by atomic mass is 10.0. The second-order valence-corrected chi connectivity index (χ2v) is 6.47. The Balaban J connectivity index is 1.53. The largest absolute Gasteiger partial charge is 0.394 e. The number of aliphatic hydroxyl groups excluding tert-OH is 1. The first kappa shape index (κ1) is 20.6. The Morgan fingerprint density at radius 2 is 1.97 bits per heavy atom. The van der Waals surface area contributed by atoms with Crippen LogP contribution >= 0.6 is 0 Å². The summed E-state index contributed by atoms with van der Waals surface area (Å²) in [5.41, 5.74) is 0.980. The fraction of sp³-hybridized carbons (Fsp3) is 0.300. The molecule has 29 heavy (non-hydrogen) atoms. The van der Waals surface area contributed by atoms with Crippen molar-refractivity contribution >= 4 is 11.8 Å². The number of aromatic nitrogens is 2. The van der Waals surface area contributed by atoms with Gasteiger partial charge >= 0.3 is 0 Å². The molecule has 0 aliphatic carbocycles. The Hall–Kier alpha value is -3.17. The Morgan fingerprint density at radius 1 is 1.17 bits per heavy atom. The predicted molar refractivity (Wildman–Crippen MR) is 101 cm³/mol. The van der Waals surface area contributed by atoms with Gasteiger partial charge in [0.2, 0.25) is 5.91 Å². The molecular weight excluding hydrogens is 379 g/mol. The number of benzene rings is 1. The predicted octanol–water partition coefficient (Wildman–Crippen LogP) is 0.736. The summed E-state index contributed by atoms with van der Waals surface area (Å²) >= 11 is 0. The number of nitrogens with zero attached hydrogens (tertiary/aromatic N) is 2. The van der Waals surface area contributed by atoms with Crippen LogP contribution in [0.3, 0.4) is 0 Å². The standard InChI is InChI=1S/C20H21FN4O4/c21-14-3-1-13(2-4-14)20(28)25-17-6-5-16(29-18(17)11-26)9-19(27)23-10-15-7-8-22-12-24-15/h1-8,12,16-18,26H,9-11H2,(H,23,27)(H,25,28)/t16-,17+,18+/m0/s1. The van der Waals surface area contributed by atoms with Crippen LogP contribution in [-0.4, -0.2) is 51.7 Å². The first-order valence-electron chi connectivity index (χ1n) is 9.08. The van der Waals surface area contributed by atoms with E-state index in [0.29, 0.717) is 11.3 Å². The van der Waals surface area contributed by atoms with Gasteiger partial charge in [-0.15, -0.1) is 0 Å². The van der Waals surface area contributed by atoms with Gasteiger partial charge in [0.15, 0.2) is 0 Å². The zero-order valence-corrected chi connectivity index (χ0v) is 15.5. The maximum atomic E-state index is 13.0. The second-order valence-electron chi connectivity index (χ2n) is 6.47. The van der Waals surface area contributed by atoms with Crippen molar-refractivity contribution in [2.45, 2.75) is 31.2 Å². The van der Waals surface area contributed by atoms with Crippen LogP contribution in [0.25, 0.3) is 0 Å². The molecule has 0 saturated heterocycles. The van der Waals surface area contributed by atoms with E-state index in [1.165, 1.54) is 30.6 Å². The second kappa shape index (κ2) is 9.85. The van der Waals surface area contributed by atoms with Gasteiger partial charge in [-0.25, -0.2) is 14.4 Å². The molecule has 2 amide bonds. The summed E-state index contributed by atoms with van der Waals surface area (Å²) in [7, 11) is 0. The van der Waals surface area contributed by atoms with Crippen LogP contribution < -0.4 is 10.6 Å². The van der Waals surface area contributed by atoms with Gasteiger partial charge in [0.1, 0.15) is 18.2 Å². The van der Waals surface area contributed by atoms with Gasteiger partial charge in [-0.3, -0.25) is 9.59 Å². The van der Waals surface area contributed by atoms with Crippen molar-refractivity contribution in [2.75, 3.05) is 6.61 Å². The molecule has 0 fully saturated rings. The average Bonchev–Trinajstić information content (AvgIpc) is 2.74. The third kappa shape index (κ3) is 5.90. The van der Waals surface area contributed by atoms with Crippen molar-refractivity contribution in [1.29, 1.82) is 0 Å². The van der Waals surface area contributed by atoms with Gasteiger partial charge in [0, 0.05) is 11.8 Å². The van der Waals surface area contributed by atoms with E-state index >= 15 is 0 Å². The molecular formula is C20H21FN4O4. The first-order valence-corrected chi connectivity index (χ1v) is 9.08. The zero-order chi connectivity index (χ0) is 20.6. The molecule has 1 aliphatic heterocycles. The molecule has 0 radical (unpaired) electrons. The van der Waals surface area contributed by atoms with Crippen molar-refractivity contribution in [3.8, 4) is 0 Å². The molecule has 2 aromatic rings. The maximum absolute atomic E-state index is 13.0. The molecule has 8 nitrogen and oxygen atoms in total. The van der Waals surface area contributed by atoms with E-state index in [1.54, 1.807) is 24.4 Å². The van der Waals surface area contributed by atoms with Crippen LogP contribution in [0.5, 0.6) is 0 Å². The summed E-state index contributed by atoms with van der Waals surface area (Å²) in [5, 5.41) is 15.1. The quantitative estimate of drug-likeness (QED) is 0.591. The summed E-state index contributed by atoms with van der Waals surface area (Å²) in [6.07, 6.45) is 5.19. The number of ether oxygens (including phenoxy) is 1. The first-order chi connectivity index (χ1) is 14.0. The molecule has 1 aromatic heterocycles. The molecule has 2 heterocycles. The Labute approximate surface area is 166 Å². The van der Waals surface area contributed by atoms with E-state index in [-0.39, 0.29) is 25.5 Å². The fourth-order valence-electron chi connectivity index (χ4n) is 2.84. The highest BCUT2D eigenvalue weighted by Gasteiger charge is 2.29. The van der Waals surface area contributed by atoms with E-state index in [0.717, 1.165) is 0 Å². The highest BCUT2D eigenvalue weighted by atomic mass is 19.1. The number of hydrogen-bond donors (Lipinski definition) is 3. The maximum Gasteiger partial charge on any atom is 0.251 e. The summed E-state index contributed by atoms with van der Waals surface area (Å²) in [6.45, 7) is -0.0602. The minimum absolute atomic E-state index is 0.0662. The average molecular weight is 400 g/mol. The van der Waals surface area contributed by atoms with Gasteiger partial charge in [0.05, 0.1) is 37.4 Å². The van der Waals surface area contributed by atoms with E-state index < -0.39 is 30.0 Å². The van der Waals surface area contributed by atoms with E-state index in [4.69, 9.17) is 4.74 Å². The number of hydrogen-bond acceptors (Lipinski definition) is 6. The van der Waals surface area contributed by atoms with Crippen LogP contribution in [0.15, 0.2) is 55.0 Å². The lowest BCUT2D eigenvalue weighted by molar-refractivity contribution is -0.125.